The Balaban J connectivity index is 1.96. The van der Waals surface area contributed by atoms with Crippen molar-refractivity contribution in [1.82, 2.24) is 0 Å². The molecule has 1 aromatic carbocycles. The van der Waals surface area contributed by atoms with Crippen molar-refractivity contribution in [3.63, 3.8) is 0 Å². The molecule has 2 heterocycles. The quantitative estimate of drug-likeness (QED) is 0.726. The number of fused-ring (bicyclic) bond motifs is 1. The van der Waals surface area contributed by atoms with Crippen LogP contribution in [0.1, 0.15) is 25.8 Å². The van der Waals surface area contributed by atoms with E-state index in [0.29, 0.717) is 23.6 Å². The van der Waals surface area contributed by atoms with Crippen LogP contribution >= 0.6 is 0 Å². The van der Waals surface area contributed by atoms with Crippen LogP contribution in [0.5, 0.6) is 5.75 Å². The summed E-state index contributed by atoms with van der Waals surface area (Å²) in [5, 5.41) is 0. The number of aryl methyl sites for hydroxylation is 1. The van der Waals surface area contributed by atoms with Crippen LogP contribution in [0, 0.1) is 5.82 Å². The van der Waals surface area contributed by atoms with E-state index in [4.69, 9.17) is 14.0 Å². The van der Waals surface area contributed by atoms with Crippen molar-refractivity contribution in [2.24, 2.45) is 0 Å². The smallest absolute Gasteiger partial charge is 0.534 e. The monoisotopic (exact) mass is 262 g/mol. The zero-order chi connectivity index (χ0) is 13.6. The van der Waals surface area contributed by atoms with E-state index in [1.807, 2.05) is 13.8 Å². The molecule has 0 saturated carbocycles. The van der Waals surface area contributed by atoms with E-state index in [9.17, 15) is 4.39 Å². The molecule has 100 valence electrons. The fourth-order valence-corrected chi connectivity index (χ4v) is 2.33. The zero-order valence-corrected chi connectivity index (χ0v) is 11.2. The third-order valence-electron chi connectivity index (χ3n) is 3.60. The molecule has 3 nitrogen and oxygen atoms in total. The number of benzene rings is 1. The third-order valence-corrected chi connectivity index (χ3v) is 3.60. The molecular formula is C14H16BFO3. The highest BCUT2D eigenvalue weighted by Gasteiger charge is 2.44. The number of rotatable bonds is 1. The highest BCUT2D eigenvalue weighted by atomic mass is 19.1. The van der Waals surface area contributed by atoms with Gasteiger partial charge in [-0.1, -0.05) is 12.6 Å². The highest BCUT2D eigenvalue weighted by Crippen LogP contribution is 2.31. The van der Waals surface area contributed by atoms with Crippen LogP contribution in [-0.2, 0) is 15.7 Å². The molecule has 0 bridgehead atoms. The first-order valence-electron chi connectivity index (χ1n) is 6.46. The molecule has 0 aromatic heterocycles. The first-order valence-corrected chi connectivity index (χ1v) is 6.46. The van der Waals surface area contributed by atoms with Gasteiger partial charge in [-0.15, -0.1) is 0 Å². The van der Waals surface area contributed by atoms with Gasteiger partial charge in [0.25, 0.3) is 0 Å². The lowest BCUT2D eigenvalue weighted by Gasteiger charge is -2.19. The molecule has 0 N–H and O–H groups in total. The van der Waals surface area contributed by atoms with Crippen molar-refractivity contribution in [2.45, 2.75) is 32.3 Å². The average Bonchev–Trinajstić information content (AvgIpc) is 2.63. The lowest BCUT2D eigenvalue weighted by atomic mass is 9.77. The van der Waals surface area contributed by atoms with Crippen molar-refractivity contribution in [2.75, 3.05) is 6.61 Å². The maximum absolute atomic E-state index is 14.1. The molecule has 1 fully saturated rings. The molecule has 0 radical (unpaired) electrons. The molecule has 1 saturated heterocycles. The van der Waals surface area contributed by atoms with E-state index >= 15 is 0 Å². The van der Waals surface area contributed by atoms with Crippen LogP contribution in [0.2, 0.25) is 0 Å². The van der Waals surface area contributed by atoms with Crippen molar-refractivity contribution in [3.05, 3.63) is 35.9 Å². The largest absolute Gasteiger partial charge is 0.566 e. The molecule has 3 rings (SSSR count). The Bertz CT molecular complexity index is 542. The minimum absolute atomic E-state index is 0.365. The van der Waals surface area contributed by atoms with Crippen LogP contribution in [0.15, 0.2) is 24.5 Å². The maximum Gasteiger partial charge on any atom is 0.566 e. The Morgan fingerprint density at radius 3 is 2.84 bits per heavy atom. The van der Waals surface area contributed by atoms with Crippen molar-refractivity contribution in [1.29, 1.82) is 0 Å². The third kappa shape index (κ3) is 2.12. The van der Waals surface area contributed by atoms with Crippen LogP contribution in [0.3, 0.4) is 0 Å². The normalized spacial score (nSPS) is 20.8. The summed E-state index contributed by atoms with van der Waals surface area (Å²) in [6, 6.07) is 3.20. The molecule has 0 aliphatic carbocycles. The van der Waals surface area contributed by atoms with E-state index in [1.165, 1.54) is 6.07 Å². The second kappa shape index (κ2) is 4.27. The van der Waals surface area contributed by atoms with Crippen molar-refractivity contribution in [3.8, 4) is 5.75 Å². The van der Waals surface area contributed by atoms with Gasteiger partial charge >= 0.3 is 7.12 Å². The van der Waals surface area contributed by atoms with Gasteiger partial charge in [-0.3, -0.25) is 0 Å². The summed E-state index contributed by atoms with van der Waals surface area (Å²) < 4.78 is 30.8. The Kier molecular flexibility index (Phi) is 2.82. The number of ether oxygens (including phenoxy) is 1. The first kappa shape index (κ1) is 12.5. The average molecular weight is 262 g/mol. The van der Waals surface area contributed by atoms with E-state index in [2.05, 4.69) is 6.58 Å². The summed E-state index contributed by atoms with van der Waals surface area (Å²) >= 11 is 0. The van der Waals surface area contributed by atoms with Gasteiger partial charge in [-0.25, -0.2) is 4.39 Å². The van der Waals surface area contributed by atoms with Crippen molar-refractivity contribution >= 4 is 12.6 Å². The zero-order valence-electron chi connectivity index (χ0n) is 11.2. The van der Waals surface area contributed by atoms with E-state index in [1.54, 1.807) is 6.07 Å². The SMILES string of the molecule is C=C1OB(c2cc3c(cc2F)OCCC3)OC1(C)C. The summed E-state index contributed by atoms with van der Waals surface area (Å²) in [7, 11) is -0.727. The summed E-state index contributed by atoms with van der Waals surface area (Å²) in [4.78, 5) is 0. The second-order valence-electron chi connectivity index (χ2n) is 5.43. The Morgan fingerprint density at radius 1 is 1.37 bits per heavy atom. The fourth-order valence-electron chi connectivity index (χ4n) is 2.33. The molecule has 0 amide bonds. The Hall–Kier alpha value is -1.49. The van der Waals surface area contributed by atoms with Crippen LogP contribution < -0.4 is 10.2 Å². The molecular weight excluding hydrogens is 246 g/mol. The molecule has 2 aliphatic heterocycles. The molecule has 1 aromatic rings. The van der Waals surface area contributed by atoms with Gasteiger partial charge in [0.15, 0.2) is 0 Å². The predicted octanol–water partition coefficient (Wildman–Crippen LogP) is 2.19. The fraction of sp³-hybridized carbons (Fsp3) is 0.429. The molecule has 5 heteroatoms. The Morgan fingerprint density at radius 2 is 2.16 bits per heavy atom. The van der Waals surface area contributed by atoms with Gasteiger partial charge in [0.2, 0.25) is 0 Å². The van der Waals surface area contributed by atoms with Gasteiger partial charge in [-0.2, -0.15) is 0 Å². The predicted molar refractivity (Wildman–Crippen MR) is 71.0 cm³/mol. The summed E-state index contributed by atoms with van der Waals surface area (Å²) in [6.07, 6.45) is 1.84. The van der Waals surface area contributed by atoms with E-state index in [0.717, 1.165) is 18.4 Å². The summed E-state index contributed by atoms with van der Waals surface area (Å²) in [5.74, 6) is 0.783. The van der Waals surface area contributed by atoms with Crippen LogP contribution in [0.4, 0.5) is 4.39 Å². The molecule has 0 spiro atoms. The molecule has 2 aliphatic rings. The maximum atomic E-state index is 14.1. The number of halogens is 1. The highest BCUT2D eigenvalue weighted by molar-refractivity contribution is 6.62. The van der Waals surface area contributed by atoms with Gasteiger partial charge in [0.05, 0.1) is 12.4 Å². The molecule has 19 heavy (non-hydrogen) atoms. The minimum atomic E-state index is -0.727. The topological polar surface area (TPSA) is 27.7 Å². The Labute approximate surface area is 112 Å². The second-order valence-corrected chi connectivity index (χ2v) is 5.43. The number of hydrogen-bond acceptors (Lipinski definition) is 3. The van der Waals surface area contributed by atoms with Gasteiger partial charge in [-0.05, 0) is 32.3 Å². The van der Waals surface area contributed by atoms with E-state index in [-0.39, 0.29) is 5.82 Å². The van der Waals surface area contributed by atoms with Gasteiger partial charge < -0.3 is 14.0 Å². The summed E-state index contributed by atoms with van der Waals surface area (Å²) in [6.45, 7) is 8.16. The lowest BCUT2D eigenvalue weighted by molar-refractivity contribution is 0.173. The molecule has 0 atom stereocenters. The standard InChI is InChI=1S/C14H16BFO3/c1-9-14(2,3)19-15(18-9)11-7-10-5-4-6-17-13(10)8-12(11)16/h7-8H,1,4-6H2,2-3H3. The van der Waals surface area contributed by atoms with Gasteiger partial charge in [0.1, 0.15) is 17.2 Å². The summed E-state index contributed by atoms with van der Waals surface area (Å²) in [5.41, 5.74) is 0.824. The van der Waals surface area contributed by atoms with E-state index < -0.39 is 12.7 Å². The molecule has 0 unspecified atom stereocenters. The van der Waals surface area contributed by atoms with Crippen LogP contribution in [0.25, 0.3) is 0 Å². The lowest BCUT2D eigenvalue weighted by Crippen LogP contribution is -2.37. The van der Waals surface area contributed by atoms with Gasteiger partial charge in [0, 0.05) is 11.5 Å². The number of hydrogen-bond donors (Lipinski definition) is 0. The van der Waals surface area contributed by atoms with Crippen molar-refractivity contribution < 1.29 is 18.4 Å². The minimum Gasteiger partial charge on any atom is -0.534 e. The first-order chi connectivity index (χ1) is 8.97. The van der Waals surface area contributed by atoms with Crippen LogP contribution in [-0.4, -0.2) is 19.3 Å².